The fraction of sp³-hybridized carbons (Fsp3) is 0.222. The second kappa shape index (κ2) is 14.3. The molecule has 0 aliphatic rings. The molecule has 0 atom stereocenters. The number of aryl methyl sites for hydroxylation is 4. The molecule has 290 valence electrons. The van der Waals surface area contributed by atoms with E-state index >= 15 is 0 Å². The zero-order valence-electron chi connectivity index (χ0n) is 35.1. The van der Waals surface area contributed by atoms with Crippen LogP contribution >= 0.6 is 0 Å². The number of aromatic amines is 2. The van der Waals surface area contributed by atoms with Crippen molar-refractivity contribution in [1.82, 2.24) is 9.97 Å². The van der Waals surface area contributed by atoms with E-state index in [1.807, 2.05) is 0 Å². The summed E-state index contributed by atoms with van der Waals surface area (Å²) < 4.78 is 0. The predicted octanol–water partition coefficient (Wildman–Crippen LogP) is 14.1. The molecule has 0 saturated carbocycles. The highest BCUT2D eigenvalue weighted by Gasteiger charge is 2.27. The number of hydrogen-bond acceptors (Lipinski definition) is 2. The zero-order chi connectivity index (χ0) is 40.3. The molecule has 2 aromatic heterocycles. The Labute approximate surface area is 342 Å². The molecule has 7 aromatic carbocycles. The third kappa shape index (κ3) is 6.41. The Hall–Kier alpha value is -6.26. The molecule has 9 aromatic rings. The Morgan fingerprint density at radius 2 is 0.759 bits per heavy atom. The molecule has 0 aliphatic heterocycles. The van der Waals surface area contributed by atoms with Gasteiger partial charge in [-0.15, -0.1) is 0 Å². The Balaban J connectivity index is 0.859. The van der Waals surface area contributed by atoms with Gasteiger partial charge in [0, 0.05) is 78.9 Å². The van der Waals surface area contributed by atoms with Gasteiger partial charge in [-0.1, -0.05) is 125 Å². The van der Waals surface area contributed by atoms with Gasteiger partial charge < -0.3 is 20.6 Å². The summed E-state index contributed by atoms with van der Waals surface area (Å²) >= 11 is 0. The topological polar surface area (TPSA) is 55.6 Å². The predicted molar refractivity (Wildman–Crippen MR) is 249 cm³/mol. The van der Waals surface area contributed by atoms with E-state index in [0.29, 0.717) is 0 Å². The molecule has 9 rings (SSSR count). The van der Waals surface area contributed by atoms with Crippen LogP contribution in [0, 0.1) is 27.7 Å². The quantitative estimate of drug-likeness (QED) is 0.112. The number of hydrogen-bond donors (Lipinski definition) is 4. The highest BCUT2D eigenvalue weighted by Crippen LogP contribution is 2.38. The third-order valence-electron chi connectivity index (χ3n) is 13.2. The van der Waals surface area contributed by atoms with Crippen molar-refractivity contribution in [3.8, 4) is 0 Å². The second-order valence-corrected chi connectivity index (χ2v) is 17.5. The molecule has 2 heterocycles. The van der Waals surface area contributed by atoms with Gasteiger partial charge in [0.15, 0.2) is 0 Å². The molecule has 0 saturated heterocycles. The smallest absolute Gasteiger partial charge is 0.0497 e. The molecule has 0 amide bonds. The van der Waals surface area contributed by atoms with E-state index in [4.69, 9.17) is 0 Å². The number of fused-ring (bicyclic) bond motifs is 6. The van der Waals surface area contributed by atoms with E-state index in [1.54, 1.807) is 0 Å². The van der Waals surface area contributed by atoms with Crippen molar-refractivity contribution in [2.75, 3.05) is 10.6 Å². The molecule has 58 heavy (non-hydrogen) atoms. The standard InChI is InChI=1S/C54H54N4/c1-33-29-37(35(3)49-45-13-9-11-15-47(45)57-51(33)49)31-55-43-25-21-41(22-26-43)53(5,6)39-17-19-40(20-18-39)54(7,8)42-23-27-44(28-24-42)56-32-38-30-34(2)52-50(36(38)4)46-14-10-12-16-48(46)58-52/h9-30,55-58H,31-32H2,1-8H3. The molecule has 4 N–H and O–H groups in total. The van der Waals surface area contributed by atoms with Crippen LogP contribution in [0.15, 0.2) is 133 Å². The van der Waals surface area contributed by atoms with E-state index in [1.165, 1.54) is 99.2 Å². The number of benzene rings is 7. The molecule has 4 heteroatoms. The van der Waals surface area contributed by atoms with Gasteiger partial charge in [-0.05, 0) is 120 Å². The summed E-state index contributed by atoms with van der Waals surface area (Å²) in [6.07, 6.45) is 0. The number of rotatable bonds is 10. The summed E-state index contributed by atoms with van der Waals surface area (Å²) in [5.41, 5.74) is 20.0. The minimum Gasteiger partial charge on any atom is -0.381 e. The van der Waals surface area contributed by atoms with Crippen LogP contribution in [-0.4, -0.2) is 9.97 Å². The van der Waals surface area contributed by atoms with Gasteiger partial charge >= 0.3 is 0 Å². The zero-order valence-corrected chi connectivity index (χ0v) is 35.1. The van der Waals surface area contributed by atoms with Crippen molar-refractivity contribution in [2.45, 2.75) is 79.3 Å². The lowest BCUT2D eigenvalue weighted by Gasteiger charge is -2.30. The lowest BCUT2D eigenvalue weighted by Crippen LogP contribution is -2.21. The highest BCUT2D eigenvalue weighted by molar-refractivity contribution is 6.11. The van der Waals surface area contributed by atoms with Gasteiger partial charge in [0.1, 0.15) is 0 Å². The number of aromatic nitrogens is 2. The summed E-state index contributed by atoms with van der Waals surface area (Å²) in [5, 5.41) is 12.7. The number of nitrogens with one attached hydrogen (secondary N) is 4. The minimum absolute atomic E-state index is 0.141. The van der Waals surface area contributed by atoms with Crippen LogP contribution in [0.25, 0.3) is 43.6 Å². The van der Waals surface area contributed by atoms with Crippen LogP contribution in [0.3, 0.4) is 0 Å². The maximum atomic E-state index is 3.71. The second-order valence-electron chi connectivity index (χ2n) is 17.5. The molecule has 4 nitrogen and oxygen atoms in total. The van der Waals surface area contributed by atoms with Crippen molar-refractivity contribution in [3.63, 3.8) is 0 Å². The van der Waals surface area contributed by atoms with E-state index in [0.717, 1.165) is 24.5 Å². The van der Waals surface area contributed by atoms with E-state index in [9.17, 15) is 0 Å². The van der Waals surface area contributed by atoms with Crippen LogP contribution in [-0.2, 0) is 23.9 Å². The van der Waals surface area contributed by atoms with Gasteiger partial charge in [-0.25, -0.2) is 0 Å². The molecule has 0 unspecified atom stereocenters. The van der Waals surface area contributed by atoms with Crippen LogP contribution in [0.5, 0.6) is 0 Å². The van der Waals surface area contributed by atoms with Gasteiger partial charge in [-0.3, -0.25) is 0 Å². The first-order valence-corrected chi connectivity index (χ1v) is 20.7. The van der Waals surface area contributed by atoms with Crippen molar-refractivity contribution < 1.29 is 0 Å². The Bertz CT molecular complexity index is 2750. The van der Waals surface area contributed by atoms with Crippen LogP contribution in [0.4, 0.5) is 11.4 Å². The van der Waals surface area contributed by atoms with Crippen molar-refractivity contribution in [3.05, 3.63) is 189 Å². The van der Waals surface area contributed by atoms with Crippen molar-refractivity contribution >= 4 is 55.0 Å². The molecule has 0 aliphatic carbocycles. The first kappa shape index (κ1) is 37.3. The average Bonchev–Trinajstić information content (AvgIpc) is 3.84. The molecular formula is C54H54N4. The molecule has 0 spiro atoms. The Morgan fingerprint density at radius 3 is 1.12 bits per heavy atom. The molecule has 0 radical (unpaired) electrons. The fourth-order valence-corrected chi connectivity index (χ4v) is 9.27. The fourth-order valence-electron chi connectivity index (χ4n) is 9.27. The summed E-state index contributed by atoms with van der Waals surface area (Å²) in [6, 6.07) is 49.2. The van der Waals surface area contributed by atoms with Crippen LogP contribution in [0.1, 0.15) is 83.3 Å². The van der Waals surface area contributed by atoms with Gasteiger partial charge in [-0.2, -0.15) is 0 Å². The Kier molecular flexibility index (Phi) is 9.19. The average molecular weight is 759 g/mol. The maximum absolute atomic E-state index is 3.71. The molecule has 0 bridgehead atoms. The van der Waals surface area contributed by atoms with Gasteiger partial charge in [0.25, 0.3) is 0 Å². The van der Waals surface area contributed by atoms with Crippen LogP contribution < -0.4 is 10.6 Å². The molecular weight excluding hydrogens is 705 g/mol. The number of para-hydroxylation sites is 2. The normalized spacial score (nSPS) is 12.3. The summed E-state index contributed by atoms with van der Waals surface area (Å²) in [5.74, 6) is 0. The number of anilines is 2. The summed E-state index contributed by atoms with van der Waals surface area (Å²) in [4.78, 5) is 7.27. The van der Waals surface area contributed by atoms with Gasteiger partial charge in [0.2, 0.25) is 0 Å². The lowest BCUT2D eigenvalue weighted by molar-refractivity contribution is 0.626. The van der Waals surface area contributed by atoms with Crippen molar-refractivity contribution in [1.29, 1.82) is 0 Å². The monoisotopic (exact) mass is 758 g/mol. The highest BCUT2D eigenvalue weighted by atomic mass is 14.9. The maximum Gasteiger partial charge on any atom is 0.0497 e. The third-order valence-corrected chi connectivity index (χ3v) is 13.2. The van der Waals surface area contributed by atoms with Crippen molar-refractivity contribution in [2.24, 2.45) is 0 Å². The van der Waals surface area contributed by atoms with E-state index < -0.39 is 0 Å². The van der Waals surface area contributed by atoms with Crippen LogP contribution in [0.2, 0.25) is 0 Å². The SMILES string of the molecule is Cc1cc(CNc2ccc(C(C)(C)c3ccc(C(C)(C)c4ccc(NCc5cc(C)c6[nH]c7ccccc7c6c5C)cc4)cc3)cc2)c(C)c2c1[nH]c1ccccc12. The lowest BCUT2D eigenvalue weighted by atomic mass is 9.74. The first-order valence-electron chi connectivity index (χ1n) is 20.7. The van der Waals surface area contributed by atoms with E-state index in [2.05, 4.69) is 209 Å². The van der Waals surface area contributed by atoms with E-state index in [-0.39, 0.29) is 10.8 Å². The number of H-pyrrole nitrogens is 2. The molecule has 0 fully saturated rings. The largest absolute Gasteiger partial charge is 0.381 e. The first-order chi connectivity index (χ1) is 27.9. The Morgan fingerprint density at radius 1 is 0.431 bits per heavy atom. The summed E-state index contributed by atoms with van der Waals surface area (Å²) in [6.45, 7) is 19.8. The summed E-state index contributed by atoms with van der Waals surface area (Å²) in [7, 11) is 0. The minimum atomic E-state index is -0.141. The van der Waals surface area contributed by atoms with Gasteiger partial charge in [0.05, 0.1) is 0 Å².